The summed E-state index contributed by atoms with van der Waals surface area (Å²) in [7, 11) is 0. The van der Waals surface area contributed by atoms with Gasteiger partial charge < -0.3 is 4.90 Å². The number of rotatable bonds is 2. The predicted molar refractivity (Wildman–Crippen MR) is 94.1 cm³/mol. The molecule has 0 saturated carbocycles. The van der Waals surface area contributed by atoms with Gasteiger partial charge in [-0.05, 0) is 36.6 Å². The fourth-order valence-electron chi connectivity index (χ4n) is 3.31. The highest BCUT2D eigenvalue weighted by atomic mass is 16.2. The van der Waals surface area contributed by atoms with Crippen LogP contribution in [0.2, 0.25) is 0 Å². The number of carbonyl (C=O) groups excluding carboxylic acids is 1. The molecule has 6 nitrogen and oxygen atoms in total. The Balaban J connectivity index is 1.63. The van der Waals surface area contributed by atoms with Crippen molar-refractivity contribution in [2.45, 2.75) is 25.9 Å². The van der Waals surface area contributed by atoms with E-state index in [1.165, 1.54) is 10.2 Å². The van der Waals surface area contributed by atoms with Gasteiger partial charge in [-0.25, -0.2) is 0 Å². The van der Waals surface area contributed by atoms with Gasteiger partial charge in [-0.15, -0.1) is 5.10 Å². The van der Waals surface area contributed by atoms with Crippen LogP contribution in [0.4, 0.5) is 0 Å². The maximum absolute atomic E-state index is 12.9. The van der Waals surface area contributed by atoms with E-state index in [1.54, 1.807) is 36.1 Å². The minimum absolute atomic E-state index is 0.110. The van der Waals surface area contributed by atoms with Crippen molar-refractivity contribution < 1.29 is 4.79 Å². The van der Waals surface area contributed by atoms with Crippen molar-refractivity contribution in [3.05, 3.63) is 70.0 Å². The average Bonchev–Trinajstić information content (AvgIpc) is 2.67. The number of fused-ring (bicyclic) bond motifs is 2. The molecule has 0 aliphatic carbocycles. The normalized spacial score (nSPS) is 15.0. The van der Waals surface area contributed by atoms with Gasteiger partial charge in [-0.1, -0.05) is 41.6 Å². The summed E-state index contributed by atoms with van der Waals surface area (Å²) in [5, 5.41) is 8.52. The van der Waals surface area contributed by atoms with E-state index < -0.39 is 6.04 Å². The maximum Gasteiger partial charge on any atom is 0.278 e. The Labute approximate surface area is 144 Å². The Hall–Kier alpha value is -3.02. The molecule has 1 amide bonds. The summed E-state index contributed by atoms with van der Waals surface area (Å²) < 4.78 is 1.19. The van der Waals surface area contributed by atoms with E-state index in [9.17, 15) is 9.59 Å². The van der Waals surface area contributed by atoms with Gasteiger partial charge >= 0.3 is 0 Å². The minimum atomic E-state index is -0.685. The molecular formula is C19H18N4O2. The van der Waals surface area contributed by atoms with Gasteiger partial charge in [0.15, 0.2) is 0 Å². The third-order valence-electron chi connectivity index (χ3n) is 4.76. The highest BCUT2D eigenvalue weighted by Crippen LogP contribution is 2.20. The number of aromatic nitrogens is 3. The van der Waals surface area contributed by atoms with Crippen molar-refractivity contribution in [1.82, 2.24) is 19.9 Å². The van der Waals surface area contributed by atoms with Gasteiger partial charge in [-0.3, -0.25) is 9.59 Å². The SMILES string of the molecule is C[C@@H](C(=O)N1CCc2ccccc2C1)n1nnc2ccccc2c1=O. The fourth-order valence-corrected chi connectivity index (χ4v) is 3.31. The lowest BCUT2D eigenvalue weighted by molar-refractivity contribution is -0.135. The summed E-state index contributed by atoms with van der Waals surface area (Å²) in [6.07, 6.45) is 0.826. The number of hydrogen-bond donors (Lipinski definition) is 0. The molecule has 6 heteroatoms. The van der Waals surface area contributed by atoms with E-state index in [1.807, 2.05) is 18.2 Å². The lowest BCUT2D eigenvalue weighted by Crippen LogP contribution is -2.42. The van der Waals surface area contributed by atoms with E-state index in [0.717, 1.165) is 12.0 Å². The second kappa shape index (κ2) is 6.12. The van der Waals surface area contributed by atoms with Crippen LogP contribution in [0.1, 0.15) is 24.1 Å². The molecule has 0 radical (unpaired) electrons. The predicted octanol–water partition coefficient (Wildman–Crippen LogP) is 1.94. The molecule has 3 aromatic rings. The molecule has 0 N–H and O–H groups in total. The lowest BCUT2D eigenvalue weighted by atomic mass is 9.99. The minimum Gasteiger partial charge on any atom is -0.336 e. The van der Waals surface area contributed by atoms with Gasteiger partial charge in [0.2, 0.25) is 5.91 Å². The van der Waals surface area contributed by atoms with Crippen LogP contribution in [0, 0.1) is 0 Å². The first-order valence-corrected chi connectivity index (χ1v) is 8.35. The zero-order valence-electron chi connectivity index (χ0n) is 13.9. The van der Waals surface area contributed by atoms with Crippen LogP contribution >= 0.6 is 0 Å². The molecule has 0 saturated heterocycles. The molecule has 25 heavy (non-hydrogen) atoms. The Bertz CT molecular complexity index is 1010. The Morgan fingerprint density at radius 1 is 1.08 bits per heavy atom. The largest absolute Gasteiger partial charge is 0.336 e. The van der Waals surface area contributed by atoms with Crippen molar-refractivity contribution in [2.24, 2.45) is 0 Å². The van der Waals surface area contributed by atoms with Crippen LogP contribution in [0.3, 0.4) is 0 Å². The number of nitrogens with zero attached hydrogens (tertiary/aromatic N) is 4. The average molecular weight is 334 g/mol. The molecule has 0 bridgehead atoms. The third kappa shape index (κ3) is 2.69. The first kappa shape index (κ1) is 15.5. The quantitative estimate of drug-likeness (QED) is 0.718. The summed E-state index contributed by atoms with van der Waals surface area (Å²) in [6, 6.07) is 14.5. The monoisotopic (exact) mass is 334 g/mol. The van der Waals surface area contributed by atoms with Crippen LogP contribution in [-0.4, -0.2) is 32.3 Å². The summed E-state index contributed by atoms with van der Waals surface area (Å²) in [4.78, 5) is 27.3. The molecule has 0 fully saturated rings. The second-order valence-corrected chi connectivity index (χ2v) is 6.31. The smallest absolute Gasteiger partial charge is 0.278 e. The zero-order chi connectivity index (χ0) is 17.4. The van der Waals surface area contributed by atoms with Crippen molar-refractivity contribution in [3.8, 4) is 0 Å². The van der Waals surface area contributed by atoms with Gasteiger partial charge in [-0.2, -0.15) is 4.68 Å². The van der Waals surface area contributed by atoms with E-state index in [0.29, 0.717) is 24.0 Å². The Morgan fingerprint density at radius 3 is 2.64 bits per heavy atom. The van der Waals surface area contributed by atoms with Gasteiger partial charge in [0.1, 0.15) is 11.6 Å². The molecule has 1 aliphatic heterocycles. The first-order valence-electron chi connectivity index (χ1n) is 8.35. The van der Waals surface area contributed by atoms with Crippen molar-refractivity contribution >= 4 is 16.8 Å². The Kier molecular flexibility index (Phi) is 3.80. The fraction of sp³-hybridized carbons (Fsp3) is 0.263. The number of carbonyl (C=O) groups is 1. The first-order chi connectivity index (χ1) is 12.1. The molecule has 0 unspecified atom stereocenters. The van der Waals surface area contributed by atoms with Crippen LogP contribution in [0.15, 0.2) is 53.3 Å². The van der Waals surface area contributed by atoms with E-state index in [2.05, 4.69) is 16.4 Å². The topological polar surface area (TPSA) is 68.1 Å². The summed E-state index contributed by atoms with van der Waals surface area (Å²) >= 11 is 0. The Morgan fingerprint density at radius 2 is 1.80 bits per heavy atom. The van der Waals surface area contributed by atoms with Crippen LogP contribution in [0.25, 0.3) is 10.9 Å². The summed E-state index contributed by atoms with van der Waals surface area (Å²) in [5.74, 6) is -0.110. The molecule has 1 aromatic heterocycles. The molecule has 2 heterocycles. The maximum atomic E-state index is 12.9. The molecule has 126 valence electrons. The van der Waals surface area contributed by atoms with Crippen molar-refractivity contribution in [1.29, 1.82) is 0 Å². The number of hydrogen-bond acceptors (Lipinski definition) is 4. The van der Waals surface area contributed by atoms with Crippen molar-refractivity contribution in [2.75, 3.05) is 6.54 Å². The van der Waals surface area contributed by atoms with Crippen LogP contribution in [0.5, 0.6) is 0 Å². The van der Waals surface area contributed by atoms with E-state index in [4.69, 9.17) is 0 Å². The highest BCUT2D eigenvalue weighted by Gasteiger charge is 2.27. The summed E-state index contributed by atoms with van der Waals surface area (Å²) in [6.45, 7) is 2.92. The summed E-state index contributed by atoms with van der Waals surface area (Å²) in [5.41, 5.74) is 2.69. The standard InChI is InChI=1S/C19H18N4O2/c1-13(23-19(25)16-8-4-5-9-17(16)20-21-23)18(24)22-11-10-14-6-2-3-7-15(14)12-22/h2-9,13H,10-12H2,1H3/t13-/m0/s1. The molecule has 4 rings (SSSR count). The van der Waals surface area contributed by atoms with Crippen LogP contribution < -0.4 is 5.56 Å². The van der Waals surface area contributed by atoms with Gasteiger partial charge in [0.05, 0.1) is 5.39 Å². The molecule has 0 spiro atoms. The highest BCUT2D eigenvalue weighted by molar-refractivity contribution is 5.81. The van der Waals surface area contributed by atoms with Crippen LogP contribution in [-0.2, 0) is 17.8 Å². The van der Waals surface area contributed by atoms with Crippen molar-refractivity contribution in [3.63, 3.8) is 0 Å². The second-order valence-electron chi connectivity index (χ2n) is 6.31. The number of amides is 1. The van der Waals surface area contributed by atoms with E-state index >= 15 is 0 Å². The van der Waals surface area contributed by atoms with Gasteiger partial charge in [0.25, 0.3) is 5.56 Å². The molecule has 1 atom stereocenters. The molecule has 2 aromatic carbocycles. The van der Waals surface area contributed by atoms with Gasteiger partial charge in [0, 0.05) is 13.1 Å². The zero-order valence-corrected chi connectivity index (χ0v) is 13.9. The molecular weight excluding hydrogens is 316 g/mol. The molecule has 1 aliphatic rings. The third-order valence-corrected chi connectivity index (χ3v) is 4.76. The van der Waals surface area contributed by atoms with E-state index in [-0.39, 0.29) is 11.5 Å². The number of benzene rings is 2. The lowest BCUT2D eigenvalue weighted by Gasteiger charge is -2.30.